The lowest BCUT2D eigenvalue weighted by atomic mass is 9.91. The van der Waals surface area contributed by atoms with Gasteiger partial charge in [-0.05, 0) is 18.8 Å². The number of methoxy groups -OCH3 is 1. The van der Waals surface area contributed by atoms with E-state index in [1.165, 1.54) is 58.5 Å². The Hall–Kier alpha value is -0.730. The van der Waals surface area contributed by atoms with Crippen LogP contribution in [0.25, 0.3) is 0 Å². The maximum Gasteiger partial charge on any atom is 0.507 e. The first-order chi connectivity index (χ1) is 9.24. The molecule has 0 aliphatic rings. The number of hydrogen-bond acceptors (Lipinski definition) is 3. The Kier molecular flexibility index (Phi) is 13.2. The van der Waals surface area contributed by atoms with Crippen LogP contribution >= 0.6 is 0 Å². The van der Waals surface area contributed by atoms with Crippen molar-refractivity contribution in [3.63, 3.8) is 0 Å². The molecule has 19 heavy (non-hydrogen) atoms. The number of ether oxygens (including phenoxy) is 2. The maximum atomic E-state index is 10.8. The molecule has 3 nitrogen and oxygen atoms in total. The largest absolute Gasteiger partial charge is 0.507 e. The molecule has 0 saturated heterocycles. The van der Waals surface area contributed by atoms with E-state index in [9.17, 15) is 4.79 Å². The van der Waals surface area contributed by atoms with Gasteiger partial charge in [-0.3, -0.25) is 0 Å². The summed E-state index contributed by atoms with van der Waals surface area (Å²) < 4.78 is 9.32. The van der Waals surface area contributed by atoms with Crippen molar-refractivity contribution in [1.29, 1.82) is 0 Å². The molecule has 0 aliphatic heterocycles. The minimum Gasteiger partial charge on any atom is -0.438 e. The molecule has 0 aliphatic carbocycles. The first kappa shape index (κ1) is 18.3. The van der Waals surface area contributed by atoms with E-state index in [1.54, 1.807) is 0 Å². The van der Waals surface area contributed by atoms with E-state index in [-0.39, 0.29) is 0 Å². The zero-order valence-corrected chi connectivity index (χ0v) is 13.1. The summed E-state index contributed by atoms with van der Waals surface area (Å²) in [5.41, 5.74) is 0. The van der Waals surface area contributed by atoms with Crippen LogP contribution in [0.3, 0.4) is 0 Å². The van der Waals surface area contributed by atoms with E-state index in [0.29, 0.717) is 6.61 Å². The lowest BCUT2D eigenvalue weighted by molar-refractivity contribution is 0.0710. The van der Waals surface area contributed by atoms with Crippen molar-refractivity contribution in [3.8, 4) is 0 Å². The van der Waals surface area contributed by atoms with Crippen LogP contribution in [0, 0.1) is 5.92 Å². The molecule has 0 aromatic heterocycles. The average molecular weight is 272 g/mol. The molecule has 114 valence electrons. The summed E-state index contributed by atoms with van der Waals surface area (Å²) in [5, 5.41) is 0. The van der Waals surface area contributed by atoms with Gasteiger partial charge in [0, 0.05) is 0 Å². The molecule has 1 unspecified atom stereocenters. The number of unbranched alkanes of at least 4 members (excludes halogenated alkanes) is 4. The van der Waals surface area contributed by atoms with Crippen molar-refractivity contribution in [2.45, 2.75) is 78.1 Å². The van der Waals surface area contributed by atoms with Gasteiger partial charge in [0.25, 0.3) is 0 Å². The van der Waals surface area contributed by atoms with Gasteiger partial charge in [-0.15, -0.1) is 0 Å². The number of hydrogen-bond donors (Lipinski definition) is 0. The Bertz CT molecular complexity index is 204. The van der Waals surface area contributed by atoms with Crippen LogP contribution in [0.5, 0.6) is 0 Å². The molecular formula is C16H32O3. The van der Waals surface area contributed by atoms with Gasteiger partial charge < -0.3 is 9.47 Å². The summed E-state index contributed by atoms with van der Waals surface area (Å²) in [6.07, 6.45) is 12.2. The smallest absolute Gasteiger partial charge is 0.438 e. The molecule has 0 heterocycles. The van der Waals surface area contributed by atoms with Crippen LogP contribution in [0.4, 0.5) is 4.79 Å². The third-order valence-corrected chi connectivity index (χ3v) is 3.56. The standard InChI is InChI=1S/C16H32O3/c1-4-6-7-8-12-15(11-5-2)13-9-10-14-19-16(17)18-3/h15H,4-14H2,1-3H3. The van der Waals surface area contributed by atoms with Gasteiger partial charge in [0.05, 0.1) is 13.7 Å². The first-order valence-electron chi connectivity index (χ1n) is 7.95. The second-order valence-corrected chi connectivity index (χ2v) is 5.30. The summed E-state index contributed by atoms with van der Waals surface area (Å²) in [7, 11) is 1.34. The summed E-state index contributed by atoms with van der Waals surface area (Å²) in [5.74, 6) is 0.861. The summed E-state index contributed by atoms with van der Waals surface area (Å²) in [4.78, 5) is 10.8. The van der Waals surface area contributed by atoms with Crippen molar-refractivity contribution in [1.82, 2.24) is 0 Å². The monoisotopic (exact) mass is 272 g/mol. The fraction of sp³-hybridized carbons (Fsp3) is 0.938. The summed E-state index contributed by atoms with van der Waals surface area (Å²) in [6.45, 7) is 5.01. The van der Waals surface area contributed by atoms with Gasteiger partial charge >= 0.3 is 6.16 Å². The second-order valence-electron chi connectivity index (χ2n) is 5.30. The molecule has 3 heteroatoms. The maximum absolute atomic E-state index is 10.8. The van der Waals surface area contributed by atoms with Crippen LogP contribution in [-0.2, 0) is 9.47 Å². The van der Waals surface area contributed by atoms with Gasteiger partial charge in [0.1, 0.15) is 0 Å². The molecule has 0 rings (SSSR count). The lowest BCUT2D eigenvalue weighted by Gasteiger charge is -2.15. The number of carbonyl (C=O) groups excluding carboxylic acids is 1. The molecule has 0 fully saturated rings. The van der Waals surface area contributed by atoms with Crippen molar-refractivity contribution in [2.75, 3.05) is 13.7 Å². The predicted octanol–water partition coefficient (Wildman–Crippen LogP) is 5.33. The van der Waals surface area contributed by atoms with E-state index in [1.807, 2.05) is 0 Å². The molecule has 0 spiro atoms. The van der Waals surface area contributed by atoms with Crippen molar-refractivity contribution in [2.24, 2.45) is 5.92 Å². The van der Waals surface area contributed by atoms with Crippen molar-refractivity contribution >= 4 is 6.16 Å². The molecule has 0 aromatic carbocycles. The van der Waals surface area contributed by atoms with Crippen LogP contribution in [-0.4, -0.2) is 19.9 Å². The molecule has 0 radical (unpaired) electrons. The van der Waals surface area contributed by atoms with E-state index in [4.69, 9.17) is 4.74 Å². The molecule has 0 aromatic rings. The van der Waals surface area contributed by atoms with Crippen molar-refractivity contribution in [3.05, 3.63) is 0 Å². The van der Waals surface area contributed by atoms with Crippen molar-refractivity contribution < 1.29 is 14.3 Å². The minimum absolute atomic E-state index is 0.487. The molecule has 0 saturated carbocycles. The highest BCUT2D eigenvalue weighted by Crippen LogP contribution is 2.21. The van der Waals surface area contributed by atoms with E-state index >= 15 is 0 Å². The lowest BCUT2D eigenvalue weighted by Crippen LogP contribution is -2.06. The van der Waals surface area contributed by atoms with Gasteiger partial charge in [0.15, 0.2) is 0 Å². The normalized spacial score (nSPS) is 12.2. The van der Waals surface area contributed by atoms with Crippen LogP contribution in [0.15, 0.2) is 0 Å². The SMILES string of the molecule is CCCCCCC(CCC)CCCCOC(=O)OC. The minimum atomic E-state index is -0.565. The molecule has 0 N–H and O–H groups in total. The van der Waals surface area contributed by atoms with E-state index < -0.39 is 6.16 Å². The fourth-order valence-corrected chi connectivity index (χ4v) is 2.45. The highest BCUT2D eigenvalue weighted by Gasteiger charge is 2.08. The van der Waals surface area contributed by atoms with Crippen LogP contribution < -0.4 is 0 Å². The zero-order chi connectivity index (χ0) is 14.3. The van der Waals surface area contributed by atoms with E-state index in [2.05, 4.69) is 18.6 Å². The Morgan fingerprint density at radius 3 is 2.16 bits per heavy atom. The first-order valence-corrected chi connectivity index (χ1v) is 7.95. The van der Waals surface area contributed by atoms with Gasteiger partial charge in [-0.1, -0.05) is 65.2 Å². The number of carbonyl (C=O) groups is 1. The zero-order valence-electron chi connectivity index (χ0n) is 13.1. The Morgan fingerprint density at radius 1 is 0.895 bits per heavy atom. The molecule has 0 bridgehead atoms. The summed E-state index contributed by atoms with van der Waals surface area (Å²) in [6, 6.07) is 0. The topological polar surface area (TPSA) is 35.5 Å². The highest BCUT2D eigenvalue weighted by molar-refractivity contribution is 5.59. The Morgan fingerprint density at radius 2 is 1.58 bits per heavy atom. The van der Waals surface area contributed by atoms with Gasteiger partial charge in [-0.25, -0.2) is 4.79 Å². The molecule has 0 amide bonds. The number of rotatable bonds is 12. The second kappa shape index (κ2) is 13.7. The third kappa shape index (κ3) is 12.1. The Balaban J connectivity index is 3.55. The average Bonchev–Trinajstić information content (AvgIpc) is 2.42. The molecular weight excluding hydrogens is 240 g/mol. The molecule has 1 atom stereocenters. The Labute approximate surface area is 119 Å². The van der Waals surface area contributed by atoms with Crippen LogP contribution in [0.2, 0.25) is 0 Å². The highest BCUT2D eigenvalue weighted by atomic mass is 16.7. The predicted molar refractivity (Wildman–Crippen MR) is 79.4 cm³/mol. The van der Waals surface area contributed by atoms with Gasteiger partial charge in [-0.2, -0.15) is 0 Å². The van der Waals surface area contributed by atoms with E-state index in [0.717, 1.165) is 18.8 Å². The quantitative estimate of drug-likeness (QED) is 0.356. The third-order valence-electron chi connectivity index (χ3n) is 3.56. The fourth-order valence-electron chi connectivity index (χ4n) is 2.45. The van der Waals surface area contributed by atoms with Crippen LogP contribution in [0.1, 0.15) is 78.1 Å². The summed E-state index contributed by atoms with van der Waals surface area (Å²) >= 11 is 0. The van der Waals surface area contributed by atoms with Gasteiger partial charge in [0.2, 0.25) is 0 Å².